The van der Waals surface area contributed by atoms with Gasteiger partial charge in [-0.15, -0.1) is 0 Å². The lowest BCUT2D eigenvalue weighted by atomic mass is 9.89. The maximum Gasteiger partial charge on any atom is 0.248 e. The average molecular weight is 291 g/mol. The first kappa shape index (κ1) is 15.8. The van der Waals surface area contributed by atoms with Crippen molar-refractivity contribution in [2.24, 2.45) is 0 Å². The third-order valence-corrected chi connectivity index (χ3v) is 3.84. The molecule has 0 radical (unpaired) electrons. The van der Waals surface area contributed by atoms with Crippen molar-refractivity contribution in [2.45, 2.75) is 45.1 Å². The maximum atomic E-state index is 12.1. The Labute approximate surface area is 126 Å². The van der Waals surface area contributed by atoms with Crippen LogP contribution in [0.5, 0.6) is 5.75 Å². The second-order valence-corrected chi connectivity index (χ2v) is 6.65. The van der Waals surface area contributed by atoms with Gasteiger partial charge >= 0.3 is 0 Å². The highest BCUT2D eigenvalue weighted by Gasteiger charge is 2.24. The minimum absolute atomic E-state index is 0.0779. The van der Waals surface area contributed by atoms with Crippen LogP contribution in [0.2, 0.25) is 0 Å². The van der Waals surface area contributed by atoms with E-state index in [0.717, 1.165) is 25.9 Å². The molecule has 0 unspecified atom stereocenters. The van der Waals surface area contributed by atoms with E-state index >= 15 is 0 Å². The molecular formula is C17H25NO3. The minimum Gasteiger partial charge on any atom is -0.508 e. The van der Waals surface area contributed by atoms with Gasteiger partial charge in [0.2, 0.25) is 5.91 Å². The van der Waals surface area contributed by atoms with E-state index in [-0.39, 0.29) is 18.1 Å². The molecule has 1 heterocycles. The number of phenolic OH excluding ortho intramolecular Hbond substituents is 1. The first-order chi connectivity index (χ1) is 9.85. The molecule has 0 aromatic heterocycles. The van der Waals surface area contributed by atoms with Gasteiger partial charge in [-0.3, -0.25) is 4.79 Å². The van der Waals surface area contributed by atoms with Gasteiger partial charge in [-0.2, -0.15) is 0 Å². The van der Waals surface area contributed by atoms with Gasteiger partial charge in [-0.25, -0.2) is 0 Å². The summed E-state index contributed by atoms with van der Waals surface area (Å²) >= 11 is 0. The minimum atomic E-state index is -0.278. The standard InChI is InChI=1S/C17H25NO3/c1-17(2,3)21-12-16(20)18-10-8-14(9-11-18)13-4-6-15(19)7-5-13/h4-7,14,19H,8-12H2,1-3H3. The van der Waals surface area contributed by atoms with E-state index in [9.17, 15) is 9.90 Å². The zero-order valence-corrected chi connectivity index (χ0v) is 13.1. The molecule has 0 bridgehead atoms. The van der Waals surface area contributed by atoms with Gasteiger partial charge in [-0.1, -0.05) is 12.1 Å². The van der Waals surface area contributed by atoms with Crippen molar-refractivity contribution in [1.82, 2.24) is 4.90 Å². The molecule has 0 aliphatic carbocycles. The van der Waals surface area contributed by atoms with E-state index in [0.29, 0.717) is 11.7 Å². The molecule has 1 aromatic carbocycles. The summed E-state index contributed by atoms with van der Waals surface area (Å²) in [6.07, 6.45) is 1.93. The maximum absolute atomic E-state index is 12.1. The summed E-state index contributed by atoms with van der Waals surface area (Å²) in [5.41, 5.74) is 0.964. The summed E-state index contributed by atoms with van der Waals surface area (Å²) < 4.78 is 5.55. The van der Waals surface area contributed by atoms with Crippen molar-refractivity contribution in [3.8, 4) is 5.75 Å². The van der Waals surface area contributed by atoms with Crippen molar-refractivity contribution < 1.29 is 14.6 Å². The Balaban J connectivity index is 1.82. The summed E-state index contributed by atoms with van der Waals surface area (Å²) in [7, 11) is 0. The fourth-order valence-electron chi connectivity index (χ4n) is 2.58. The zero-order chi connectivity index (χ0) is 15.5. The van der Waals surface area contributed by atoms with Crippen LogP contribution in [-0.4, -0.2) is 41.2 Å². The molecule has 1 fully saturated rings. The number of amides is 1. The second kappa shape index (κ2) is 6.48. The summed E-state index contributed by atoms with van der Waals surface area (Å²) in [5, 5.41) is 9.33. The molecule has 4 nitrogen and oxygen atoms in total. The number of carbonyl (C=O) groups is 1. The van der Waals surface area contributed by atoms with Crippen LogP contribution < -0.4 is 0 Å². The molecule has 1 aromatic rings. The topological polar surface area (TPSA) is 49.8 Å². The Morgan fingerprint density at radius 1 is 1.24 bits per heavy atom. The number of likely N-dealkylation sites (tertiary alicyclic amines) is 1. The highest BCUT2D eigenvalue weighted by molar-refractivity contribution is 5.77. The van der Waals surface area contributed by atoms with Gasteiger partial charge < -0.3 is 14.7 Å². The van der Waals surface area contributed by atoms with Gasteiger partial charge in [0.05, 0.1) is 5.60 Å². The van der Waals surface area contributed by atoms with Crippen LogP contribution >= 0.6 is 0 Å². The normalized spacial score (nSPS) is 17.0. The average Bonchev–Trinajstić information content (AvgIpc) is 2.45. The van der Waals surface area contributed by atoms with Gasteiger partial charge in [0.25, 0.3) is 0 Å². The van der Waals surface area contributed by atoms with Gasteiger partial charge in [0.1, 0.15) is 12.4 Å². The first-order valence-electron chi connectivity index (χ1n) is 7.56. The quantitative estimate of drug-likeness (QED) is 0.931. The molecule has 0 atom stereocenters. The molecule has 0 saturated carbocycles. The Hall–Kier alpha value is -1.55. The molecule has 1 saturated heterocycles. The first-order valence-corrected chi connectivity index (χ1v) is 7.56. The van der Waals surface area contributed by atoms with Crippen LogP contribution in [0.25, 0.3) is 0 Å². The van der Waals surface area contributed by atoms with Crippen LogP contribution in [0.15, 0.2) is 24.3 Å². The highest BCUT2D eigenvalue weighted by Crippen LogP contribution is 2.29. The number of ether oxygens (including phenoxy) is 1. The number of piperidine rings is 1. The van der Waals surface area contributed by atoms with Gasteiger partial charge in [0, 0.05) is 13.1 Å². The number of carbonyl (C=O) groups excluding carboxylic acids is 1. The van der Waals surface area contributed by atoms with Crippen LogP contribution in [0.1, 0.15) is 45.1 Å². The fourth-order valence-corrected chi connectivity index (χ4v) is 2.58. The van der Waals surface area contributed by atoms with Gasteiger partial charge in [-0.05, 0) is 57.2 Å². The molecule has 1 amide bonds. The lowest BCUT2D eigenvalue weighted by Gasteiger charge is -2.33. The van der Waals surface area contributed by atoms with E-state index in [1.54, 1.807) is 12.1 Å². The van der Waals surface area contributed by atoms with Crippen LogP contribution in [0.3, 0.4) is 0 Å². The molecule has 116 valence electrons. The third-order valence-electron chi connectivity index (χ3n) is 3.84. The molecule has 0 spiro atoms. The summed E-state index contributed by atoms with van der Waals surface area (Å²) in [4.78, 5) is 14.0. The van der Waals surface area contributed by atoms with E-state index in [1.165, 1.54) is 5.56 Å². The van der Waals surface area contributed by atoms with E-state index in [4.69, 9.17) is 4.74 Å². The monoisotopic (exact) mass is 291 g/mol. The van der Waals surface area contributed by atoms with Crippen molar-refractivity contribution >= 4 is 5.91 Å². The van der Waals surface area contributed by atoms with Crippen LogP contribution in [0, 0.1) is 0 Å². The van der Waals surface area contributed by atoms with Crippen molar-refractivity contribution in [2.75, 3.05) is 19.7 Å². The number of benzene rings is 1. The van der Waals surface area contributed by atoms with Crippen molar-refractivity contribution in [1.29, 1.82) is 0 Å². The third kappa shape index (κ3) is 4.74. The van der Waals surface area contributed by atoms with E-state index < -0.39 is 0 Å². The largest absolute Gasteiger partial charge is 0.508 e. The number of hydrogen-bond donors (Lipinski definition) is 1. The Bertz CT molecular complexity index is 468. The molecule has 1 aliphatic heterocycles. The predicted octanol–water partition coefficient (Wildman–Crippen LogP) is 2.91. The van der Waals surface area contributed by atoms with Crippen LogP contribution in [0.4, 0.5) is 0 Å². The molecule has 1 N–H and O–H groups in total. The van der Waals surface area contributed by atoms with Crippen LogP contribution in [-0.2, 0) is 9.53 Å². The Morgan fingerprint density at radius 2 is 1.81 bits per heavy atom. The SMILES string of the molecule is CC(C)(C)OCC(=O)N1CCC(c2ccc(O)cc2)CC1. The molecular weight excluding hydrogens is 266 g/mol. The van der Waals surface area contributed by atoms with Crippen molar-refractivity contribution in [3.05, 3.63) is 29.8 Å². The fraction of sp³-hybridized carbons (Fsp3) is 0.588. The lowest BCUT2D eigenvalue weighted by molar-refractivity contribution is -0.142. The smallest absolute Gasteiger partial charge is 0.248 e. The number of hydrogen-bond acceptors (Lipinski definition) is 3. The highest BCUT2D eigenvalue weighted by atomic mass is 16.5. The number of nitrogens with zero attached hydrogens (tertiary/aromatic N) is 1. The molecule has 1 aliphatic rings. The predicted molar refractivity (Wildman–Crippen MR) is 82.4 cm³/mol. The summed E-state index contributed by atoms with van der Waals surface area (Å²) in [6, 6.07) is 7.40. The summed E-state index contributed by atoms with van der Waals surface area (Å²) in [6.45, 7) is 7.58. The Kier molecular flexibility index (Phi) is 4.88. The Morgan fingerprint density at radius 3 is 2.33 bits per heavy atom. The molecule has 2 rings (SSSR count). The number of aromatic hydroxyl groups is 1. The molecule has 4 heteroatoms. The number of phenols is 1. The number of rotatable bonds is 3. The lowest BCUT2D eigenvalue weighted by Crippen LogP contribution is -2.41. The van der Waals surface area contributed by atoms with E-state index in [2.05, 4.69) is 0 Å². The zero-order valence-electron chi connectivity index (χ0n) is 13.1. The van der Waals surface area contributed by atoms with Crippen molar-refractivity contribution in [3.63, 3.8) is 0 Å². The molecule has 21 heavy (non-hydrogen) atoms. The van der Waals surface area contributed by atoms with E-state index in [1.807, 2.05) is 37.8 Å². The second-order valence-electron chi connectivity index (χ2n) is 6.65. The summed E-state index contributed by atoms with van der Waals surface area (Å²) in [5.74, 6) is 0.845. The van der Waals surface area contributed by atoms with Gasteiger partial charge in [0.15, 0.2) is 0 Å².